The van der Waals surface area contributed by atoms with Crippen molar-refractivity contribution >= 4 is 55.7 Å². The molecule has 0 spiro atoms. The topological polar surface area (TPSA) is 19.4 Å². The van der Waals surface area contributed by atoms with Crippen molar-refractivity contribution in [1.82, 2.24) is 4.98 Å². The third kappa shape index (κ3) is 5.95. The molecule has 246 valence electrons. The molecule has 8 aromatic carbocycles. The molecule has 9 rings (SSSR count). The van der Waals surface area contributed by atoms with Gasteiger partial charge in [-0.25, -0.2) is 4.98 Å². The standard InChI is InChI=1S/C49H35N3/c1-3-18-40(19-4-1)51(48-26-11-16-36-14-7-9-22-44(36)48)42-32-28-38(29-33-42)46-24-13-25-47(50-46)39-30-34-43(35-31-39)52(41-20-5-2-6-21-41)49-27-12-17-37-15-8-10-23-45(37)49/h1-35H. The van der Waals surface area contributed by atoms with Crippen molar-refractivity contribution in [2.75, 3.05) is 9.80 Å². The summed E-state index contributed by atoms with van der Waals surface area (Å²) in [6.07, 6.45) is 0. The second kappa shape index (κ2) is 13.7. The fraction of sp³-hybridized carbons (Fsp3) is 0. The molecule has 0 radical (unpaired) electrons. The molecule has 0 saturated heterocycles. The largest absolute Gasteiger partial charge is 0.310 e. The molecule has 0 unspecified atom stereocenters. The lowest BCUT2D eigenvalue weighted by Gasteiger charge is -2.27. The first-order chi connectivity index (χ1) is 25.8. The highest BCUT2D eigenvalue weighted by molar-refractivity contribution is 6.00. The molecule has 3 nitrogen and oxygen atoms in total. The van der Waals surface area contributed by atoms with E-state index in [4.69, 9.17) is 4.98 Å². The van der Waals surface area contributed by atoms with Crippen LogP contribution in [0.15, 0.2) is 212 Å². The zero-order valence-corrected chi connectivity index (χ0v) is 28.5. The van der Waals surface area contributed by atoms with E-state index in [2.05, 4.69) is 222 Å². The van der Waals surface area contributed by atoms with Gasteiger partial charge in [0, 0.05) is 44.6 Å². The van der Waals surface area contributed by atoms with Crippen LogP contribution in [0.25, 0.3) is 44.1 Å². The maximum Gasteiger partial charge on any atom is 0.0709 e. The van der Waals surface area contributed by atoms with Crippen molar-refractivity contribution in [3.63, 3.8) is 0 Å². The van der Waals surface area contributed by atoms with E-state index < -0.39 is 0 Å². The first-order valence-electron chi connectivity index (χ1n) is 17.6. The smallest absolute Gasteiger partial charge is 0.0709 e. The Morgan fingerprint density at radius 3 is 1.06 bits per heavy atom. The lowest BCUT2D eigenvalue weighted by molar-refractivity contribution is 1.28. The van der Waals surface area contributed by atoms with Gasteiger partial charge in [0.1, 0.15) is 0 Å². The molecule has 1 heterocycles. The number of rotatable bonds is 8. The highest BCUT2D eigenvalue weighted by Crippen LogP contribution is 2.41. The van der Waals surface area contributed by atoms with E-state index in [0.717, 1.165) is 56.6 Å². The third-order valence-electron chi connectivity index (χ3n) is 9.64. The van der Waals surface area contributed by atoms with Crippen LogP contribution in [-0.2, 0) is 0 Å². The van der Waals surface area contributed by atoms with Crippen molar-refractivity contribution in [3.8, 4) is 22.5 Å². The van der Waals surface area contributed by atoms with Crippen molar-refractivity contribution in [2.24, 2.45) is 0 Å². The Morgan fingerprint density at radius 1 is 0.269 bits per heavy atom. The van der Waals surface area contributed by atoms with E-state index in [1.807, 2.05) is 0 Å². The Balaban J connectivity index is 1.04. The summed E-state index contributed by atoms with van der Waals surface area (Å²) in [7, 11) is 0. The summed E-state index contributed by atoms with van der Waals surface area (Å²) < 4.78 is 0. The van der Waals surface area contributed by atoms with Gasteiger partial charge in [-0.2, -0.15) is 0 Å². The van der Waals surface area contributed by atoms with Crippen molar-refractivity contribution in [1.29, 1.82) is 0 Å². The van der Waals surface area contributed by atoms with Crippen LogP contribution in [-0.4, -0.2) is 4.98 Å². The molecule has 3 heteroatoms. The Morgan fingerprint density at radius 2 is 0.615 bits per heavy atom. The van der Waals surface area contributed by atoms with Gasteiger partial charge >= 0.3 is 0 Å². The van der Waals surface area contributed by atoms with Gasteiger partial charge < -0.3 is 9.80 Å². The second-order valence-electron chi connectivity index (χ2n) is 12.8. The molecule has 1 aromatic heterocycles. The Hall–Kier alpha value is -6.97. The van der Waals surface area contributed by atoms with Gasteiger partial charge in [-0.3, -0.25) is 0 Å². The van der Waals surface area contributed by atoms with Gasteiger partial charge in [-0.1, -0.05) is 140 Å². The zero-order valence-electron chi connectivity index (χ0n) is 28.5. The van der Waals surface area contributed by atoms with Crippen LogP contribution < -0.4 is 9.80 Å². The van der Waals surface area contributed by atoms with Gasteiger partial charge in [-0.05, 0) is 83.6 Å². The summed E-state index contributed by atoms with van der Waals surface area (Å²) in [5.74, 6) is 0. The molecular formula is C49H35N3. The summed E-state index contributed by atoms with van der Waals surface area (Å²) in [6.45, 7) is 0. The summed E-state index contributed by atoms with van der Waals surface area (Å²) in [6, 6.07) is 75.0. The fourth-order valence-corrected chi connectivity index (χ4v) is 7.13. The first kappa shape index (κ1) is 31.0. The van der Waals surface area contributed by atoms with E-state index in [1.165, 1.54) is 21.5 Å². The minimum absolute atomic E-state index is 0.936. The van der Waals surface area contributed by atoms with E-state index in [1.54, 1.807) is 0 Å². The number of para-hydroxylation sites is 2. The Kier molecular flexibility index (Phi) is 8.20. The Bertz CT molecular complexity index is 2420. The van der Waals surface area contributed by atoms with Crippen LogP contribution in [0.4, 0.5) is 34.1 Å². The predicted molar refractivity (Wildman–Crippen MR) is 219 cm³/mol. The third-order valence-corrected chi connectivity index (χ3v) is 9.64. The highest BCUT2D eigenvalue weighted by atomic mass is 15.1. The lowest BCUT2D eigenvalue weighted by Crippen LogP contribution is -2.10. The molecule has 0 aliphatic heterocycles. The van der Waals surface area contributed by atoms with Gasteiger partial charge in [0.15, 0.2) is 0 Å². The number of benzene rings is 8. The SMILES string of the molecule is c1ccc(N(c2ccc(-c3cccc(-c4ccc(N(c5ccccc5)c5cccc6ccccc56)cc4)n3)cc2)c2cccc3ccccc23)cc1. The molecule has 0 atom stereocenters. The van der Waals surface area contributed by atoms with Gasteiger partial charge in [-0.15, -0.1) is 0 Å². The zero-order chi connectivity index (χ0) is 34.7. The minimum Gasteiger partial charge on any atom is -0.310 e. The van der Waals surface area contributed by atoms with E-state index in [0.29, 0.717) is 0 Å². The van der Waals surface area contributed by atoms with Gasteiger partial charge in [0.2, 0.25) is 0 Å². The van der Waals surface area contributed by atoms with E-state index in [9.17, 15) is 0 Å². The number of aromatic nitrogens is 1. The predicted octanol–water partition coefficient (Wildman–Crippen LogP) is 13.7. The monoisotopic (exact) mass is 665 g/mol. The normalized spacial score (nSPS) is 11.1. The summed E-state index contributed by atoms with van der Waals surface area (Å²) in [4.78, 5) is 9.81. The van der Waals surface area contributed by atoms with Crippen LogP contribution in [0.1, 0.15) is 0 Å². The maximum absolute atomic E-state index is 5.15. The minimum atomic E-state index is 0.936. The molecule has 0 fully saturated rings. The van der Waals surface area contributed by atoms with Crippen LogP contribution >= 0.6 is 0 Å². The average Bonchev–Trinajstić information content (AvgIpc) is 3.23. The molecule has 0 N–H and O–H groups in total. The fourth-order valence-electron chi connectivity index (χ4n) is 7.13. The van der Waals surface area contributed by atoms with E-state index in [-0.39, 0.29) is 0 Å². The van der Waals surface area contributed by atoms with Crippen molar-refractivity contribution in [2.45, 2.75) is 0 Å². The molecule has 52 heavy (non-hydrogen) atoms. The van der Waals surface area contributed by atoms with Crippen LogP contribution in [0.3, 0.4) is 0 Å². The summed E-state index contributed by atoms with van der Waals surface area (Å²) in [5, 5.41) is 4.85. The molecule has 0 aliphatic carbocycles. The first-order valence-corrected chi connectivity index (χ1v) is 17.6. The molecule has 0 aliphatic rings. The summed E-state index contributed by atoms with van der Waals surface area (Å²) in [5.41, 5.74) is 10.7. The molecular weight excluding hydrogens is 631 g/mol. The second-order valence-corrected chi connectivity index (χ2v) is 12.8. The number of nitrogens with zero attached hydrogens (tertiary/aromatic N) is 3. The van der Waals surface area contributed by atoms with Crippen molar-refractivity contribution < 1.29 is 0 Å². The number of anilines is 6. The number of hydrogen-bond donors (Lipinski definition) is 0. The molecule has 0 bridgehead atoms. The van der Waals surface area contributed by atoms with Gasteiger partial charge in [0.05, 0.1) is 22.8 Å². The van der Waals surface area contributed by atoms with Crippen LogP contribution in [0, 0.1) is 0 Å². The van der Waals surface area contributed by atoms with Crippen molar-refractivity contribution in [3.05, 3.63) is 212 Å². The Labute approximate surface area is 304 Å². The quantitative estimate of drug-likeness (QED) is 0.161. The molecule has 9 aromatic rings. The summed E-state index contributed by atoms with van der Waals surface area (Å²) >= 11 is 0. The van der Waals surface area contributed by atoms with Gasteiger partial charge in [0.25, 0.3) is 0 Å². The number of pyridine rings is 1. The number of fused-ring (bicyclic) bond motifs is 2. The van der Waals surface area contributed by atoms with E-state index >= 15 is 0 Å². The molecule has 0 amide bonds. The molecule has 0 saturated carbocycles. The lowest BCUT2D eigenvalue weighted by atomic mass is 10.0. The number of hydrogen-bond acceptors (Lipinski definition) is 3. The van der Waals surface area contributed by atoms with Crippen LogP contribution in [0.5, 0.6) is 0 Å². The van der Waals surface area contributed by atoms with Crippen LogP contribution in [0.2, 0.25) is 0 Å². The average molecular weight is 666 g/mol. The maximum atomic E-state index is 5.15. The highest BCUT2D eigenvalue weighted by Gasteiger charge is 2.17.